The van der Waals surface area contributed by atoms with E-state index in [0.29, 0.717) is 0 Å². The Kier molecular flexibility index (Phi) is 7.30. The summed E-state index contributed by atoms with van der Waals surface area (Å²) in [6, 6.07) is 19.3. The van der Waals surface area contributed by atoms with Crippen LogP contribution in [0.25, 0.3) is 0 Å². The predicted molar refractivity (Wildman–Crippen MR) is 70.1 cm³/mol. The fraction of sp³-hybridized carbons (Fsp3) is 0. The van der Waals surface area contributed by atoms with Crippen molar-refractivity contribution in [3.05, 3.63) is 60.7 Å². The molecule has 2 aromatic rings. The number of nitrogens with one attached hydrogen (secondary N) is 3. The predicted octanol–water partition coefficient (Wildman–Crippen LogP) is 0.210. The Labute approximate surface area is 122 Å². The number of benzene rings is 2. The monoisotopic (exact) mass is 339 g/mol. The van der Waals surface area contributed by atoms with Gasteiger partial charge in [0.25, 0.3) is 0 Å². The van der Waals surface area contributed by atoms with E-state index in [1.54, 1.807) is 0 Å². The molecule has 0 bridgehead atoms. The molecule has 106 valence electrons. The molecule has 0 spiro atoms. The Morgan fingerprint density at radius 3 is 1.45 bits per heavy atom. The SMILES string of the molecule is N=C(Nc1ccccc1)Nc1ccccc1.[O-][Br+2]([O-])O. The van der Waals surface area contributed by atoms with Gasteiger partial charge in [-0.3, -0.25) is 5.41 Å². The average molecular weight is 340 g/mol. The van der Waals surface area contributed by atoms with Crippen LogP contribution in [-0.4, -0.2) is 10.2 Å². The molecule has 4 N–H and O–H groups in total. The average Bonchev–Trinajstić information content (AvgIpc) is 2.40. The van der Waals surface area contributed by atoms with Gasteiger partial charge in [-0.2, -0.15) is 0 Å². The van der Waals surface area contributed by atoms with E-state index in [9.17, 15) is 0 Å². The lowest BCUT2D eigenvalue weighted by Gasteiger charge is -2.09. The minimum absolute atomic E-state index is 0.261. The largest absolute Gasteiger partial charge is 0.433 e. The second kappa shape index (κ2) is 9.05. The Morgan fingerprint density at radius 2 is 1.15 bits per heavy atom. The molecule has 0 heterocycles. The molecular formula is C13H14BrN3O3. The van der Waals surface area contributed by atoms with E-state index in [0.717, 1.165) is 11.4 Å². The molecule has 20 heavy (non-hydrogen) atoms. The minimum atomic E-state index is -3.40. The van der Waals surface area contributed by atoms with E-state index in [1.165, 1.54) is 0 Å². The number of hydrogen-bond acceptors (Lipinski definition) is 4. The second-order valence-electron chi connectivity index (χ2n) is 3.56. The first kappa shape index (κ1) is 16.1. The summed E-state index contributed by atoms with van der Waals surface area (Å²) in [7, 11) is 0. The maximum Gasteiger partial charge on any atom is 0.433 e. The normalized spacial score (nSPS) is 9.40. The smallest absolute Gasteiger partial charge is 0.372 e. The molecule has 0 radical (unpaired) electrons. The quantitative estimate of drug-likeness (QED) is 0.461. The molecule has 0 unspecified atom stereocenters. The van der Waals surface area contributed by atoms with Gasteiger partial charge in [-0.15, -0.1) is 0 Å². The zero-order valence-electron chi connectivity index (χ0n) is 10.4. The molecule has 0 saturated heterocycles. The molecular weight excluding hydrogens is 326 g/mol. The van der Waals surface area contributed by atoms with E-state index < -0.39 is 14.8 Å². The van der Waals surface area contributed by atoms with Gasteiger partial charge in [0.1, 0.15) is 0 Å². The van der Waals surface area contributed by atoms with E-state index >= 15 is 0 Å². The van der Waals surface area contributed by atoms with Crippen LogP contribution in [0.15, 0.2) is 60.7 Å². The standard InChI is InChI=1S/C13H13N3.BrHO3/c14-13(15-11-7-3-1-4-8-11)16-12-9-5-2-6-10-12;2-1(3)4/h1-10H,(H3,14,15,16);2H. The van der Waals surface area contributed by atoms with Gasteiger partial charge in [0.2, 0.25) is 0 Å². The van der Waals surface area contributed by atoms with Crippen LogP contribution in [0.5, 0.6) is 0 Å². The first-order valence-electron chi connectivity index (χ1n) is 5.55. The van der Waals surface area contributed by atoms with Gasteiger partial charge in [0, 0.05) is 11.4 Å². The molecule has 2 aromatic carbocycles. The van der Waals surface area contributed by atoms with Gasteiger partial charge in [0.15, 0.2) is 5.96 Å². The van der Waals surface area contributed by atoms with E-state index in [2.05, 4.69) is 10.6 Å². The summed E-state index contributed by atoms with van der Waals surface area (Å²) >= 11 is -3.40. The highest BCUT2D eigenvalue weighted by molar-refractivity contribution is 6.01. The van der Waals surface area contributed by atoms with Gasteiger partial charge < -0.3 is 19.0 Å². The van der Waals surface area contributed by atoms with E-state index in [4.69, 9.17) is 18.0 Å². The van der Waals surface area contributed by atoms with E-state index in [1.807, 2.05) is 60.7 Å². The number of halogens is 1. The third-order valence-electron chi connectivity index (χ3n) is 2.09. The first-order valence-corrected chi connectivity index (χ1v) is 7.55. The van der Waals surface area contributed by atoms with Crippen molar-refractivity contribution < 1.29 is 27.4 Å². The molecule has 0 aromatic heterocycles. The summed E-state index contributed by atoms with van der Waals surface area (Å²) in [6.07, 6.45) is 0. The number of rotatable bonds is 2. The number of hydrogen-bond donors (Lipinski definition) is 4. The van der Waals surface area contributed by atoms with Crippen molar-refractivity contribution >= 4 is 17.3 Å². The van der Waals surface area contributed by atoms with Gasteiger partial charge in [-0.1, -0.05) is 36.4 Å². The van der Waals surface area contributed by atoms with E-state index in [-0.39, 0.29) is 5.96 Å². The molecule has 0 amide bonds. The van der Waals surface area contributed by atoms with Crippen molar-refractivity contribution in [1.82, 2.24) is 0 Å². The van der Waals surface area contributed by atoms with Crippen LogP contribution < -0.4 is 19.0 Å². The topological polar surface area (TPSA) is 114 Å². The number of anilines is 2. The zero-order valence-corrected chi connectivity index (χ0v) is 12.0. The van der Waals surface area contributed by atoms with Gasteiger partial charge in [0.05, 0.1) is 0 Å². The molecule has 0 aliphatic heterocycles. The Bertz CT molecular complexity index is 463. The Hall–Kier alpha value is -1.93. The van der Waals surface area contributed by atoms with Crippen molar-refractivity contribution in [3.63, 3.8) is 0 Å². The van der Waals surface area contributed by atoms with Gasteiger partial charge in [-0.05, 0) is 28.5 Å². The summed E-state index contributed by atoms with van der Waals surface area (Å²) in [5.41, 5.74) is 1.80. The summed E-state index contributed by atoms with van der Waals surface area (Å²) in [5.74, 6) is 0.261. The highest BCUT2D eigenvalue weighted by Gasteiger charge is 1.96. The first-order chi connectivity index (χ1) is 9.58. The van der Waals surface area contributed by atoms with Crippen molar-refractivity contribution in [3.8, 4) is 0 Å². The lowest BCUT2D eigenvalue weighted by atomic mass is 10.3. The van der Waals surface area contributed by atoms with Crippen LogP contribution in [0.4, 0.5) is 11.4 Å². The molecule has 7 heteroatoms. The third kappa shape index (κ3) is 7.49. The highest BCUT2D eigenvalue weighted by atomic mass is 80.0. The molecule has 0 saturated carbocycles. The summed E-state index contributed by atoms with van der Waals surface area (Å²) in [6.45, 7) is 0. The van der Waals surface area contributed by atoms with Crippen LogP contribution in [0.3, 0.4) is 0 Å². The number of para-hydroxylation sites is 2. The fourth-order valence-corrected chi connectivity index (χ4v) is 1.36. The van der Waals surface area contributed by atoms with Crippen LogP contribution in [0.1, 0.15) is 0 Å². The lowest BCUT2D eigenvalue weighted by molar-refractivity contribution is -1.63. The van der Waals surface area contributed by atoms with Crippen molar-refractivity contribution in [2.75, 3.05) is 10.6 Å². The Balaban J connectivity index is 0.000000444. The summed E-state index contributed by atoms with van der Waals surface area (Å²) in [5, 5.41) is 13.7. The summed E-state index contributed by atoms with van der Waals surface area (Å²) < 4.78 is 24.3. The maximum atomic E-state index is 8.63. The lowest BCUT2D eigenvalue weighted by Crippen LogP contribution is -2.30. The minimum Gasteiger partial charge on any atom is -0.372 e. The maximum absolute atomic E-state index is 8.63. The second-order valence-corrected chi connectivity index (χ2v) is 4.40. The zero-order chi connectivity index (χ0) is 14.8. The molecule has 0 fully saturated rings. The number of guanidine groups is 1. The van der Waals surface area contributed by atoms with Crippen molar-refractivity contribution in [1.29, 1.82) is 5.41 Å². The Morgan fingerprint density at radius 1 is 0.850 bits per heavy atom. The molecule has 6 nitrogen and oxygen atoms in total. The molecule has 0 atom stereocenters. The summed E-state index contributed by atoms with van der Waals surface area (Å²) in [4.78, 5) is 0. The van der Waals surface area contributed by atoms with Crippen LogP contribution in [-0.2, 0) is 0 Å². The van der Waals surface area contributed by atoms with Gasteiger partial charge in [-0.25, -0.2) is 0 Å². The fourth-order valence-electron chi connectivity index (χ4n) is 1.36. The molecule has 0 aliphatic rings. The van der Waals surface area contributed by atoms with Crippen molar-refractivity contribution in [2.45, 2.75) is 0 Å². The highest BCUT2D eigenvalue weighted by Crippen LogP contribution is 2.07. The van der Waals surface area contributed by atoms with Gasteiger partial charge >= 0.3 is 14.8 Å². The third-order valence-corrected chi connectivity index (χ3v) is 2.09. The molecule has 0 aliphatic carbocycles. The molecule has 2 rings (SSSR count). The van der Waals surface area contributed by atoms with Crippen LogP contribution in [0.2, 0.25) is 0 Å². The van der Waals surface area contributed by atoms with Crippen molar-refractivity contribution in [2.24, 2.45) is 0 Å². The van der Waals surface area contributed by atoms with Crippen LogP contribution >= 0.6 is 0 Å². The van der Waals surface area contributed by atoms with Crippen LogP contribution in [0, 0.1) is 20.2 Å².